The number of hydrogen-bond donors (Lipinski definition) is 1. The number of carbonyl (C=O) groups is 1. The second-order valence-corrected chi connectivity index (χ2v) is 9.61. The van der Waals surface area contributed by atoms with Crippen LogP contribution in [0.1, 0.15) is 36.5 Å². The largest absolute Gasteiger partial charge is 0.339 e. The topological polar surface area (TPSA) is 82.1 Å². The fourth-order valence-corrected chi connectivity index (χ4v) is 5.13. The smallest absolute Gasteiger partial charge is 0.253 e. The third-order valence-corrected chi connectivity index (χ3v) is 7.15. The van der Waals surface area contributed by atoms with Gasteiger partial charge in [-0.3, -0.25) is 9.80 Å². The molecule has 2 aromatic carbocycles. The number of anilines is 1. The lowest BCUT2D eigenvalue weighted by Gasteiger charge is -2.32. The quantitative estimate of drug-likeness (QED) is 0.769. The molecule has 1 saturated heterocycles. The van der Waals surface area contributed by atoms with Gasteiger partial charge in [0, 0.05) is 43.4 Å². The van der Waals surface area contributed by atoms with Crippen LogP contribution in [0.25, 0.3) is 0 Å². The molecular formula is C22H25FN4O3S. The predicted octanol–water partition coefficient (Wildman–Crippen LogP) is 2.99. The van der Waals surface area contributed by atoms with Gasteiger partial charge in [0.25, 0.3) is 5.91 Å². The molecule has 1 N–H and O–H groups in total. The standard InChI is InChI=1S/C22H25FN4O3S/c1-16-10-15-27(24-16)20-6-2-17(3-7-20)22(28)26-13-11-19(12-14-26)25-31(29,30)21-8-4-18(23)5-9-21/h2-9,19,25H,10-15H2,1H3. The zero-order chi connectivity index (χ0) is 22.0. The molecule has 0 aromatic heterocycles. The molecule has 0 aliphatic carbocycles. The maximum absolute atomic E-state index is 13.0. The number of hydrazone groups is 1. The number of carbonyl (C=O) groups excluding carboxylic acids is 1. The summed E-state index contributed by atoms with van der Waals surface area (Å²) < 4.78 is 40.7. The van der Waals surface area contributed by atoms with Gasteiger partial charge in [-0.2, -0.15) is 5.10 Å². The molecule has 31 heavy (non-hydrogen) atoms. The van der Waals surface area contributed by atoms with Crippen LogP contribution in [0.15, 0.2) is 58.5 Å². The minimum atomic E-state index is -3.72. The zero-order valence-electron chi connectivity index (χ0n) is 17.3. The van der Waals surface area contributed by atoms with Gasteiger partial charge in [-0.1, -0.05) is 0 Å². The lowest BCUT2D eigenvalue weighted by molar-refractivity contribution is 0.0711. The Morgan fingerprint density at radius 3 is 2.26 bits per heavy atom. The number of hydrogen-bond acceptors (Lipinski definition) is 5. The molecule has 0 saturated carbocycles. The van der Waals surface area contributed by atoms with E-state index in [9.17, 15) is 17.6 Å². The van der Waals surface area contributed by atoms with Crippen LogP contribution in [-0.4, -0.2) is 50.6 Å². The highest BCUT2D eigenvalue weighted by Crippen LogP contribution is 2.22. The Labute approximate surface area is 181 Å². The van der Waals surface area contributed by atoms with Crippen molar-refractivity contribution in [1.29, 1.82) is 0 Å². The monoisotopic (exact) mass is 444 g/mol. The molecule has 0 spiro atoms. The number of piperidine rings is 1. The van der Waals surface area contributed by atoms with Crippen molar-refractivity contribution < 1.29 is 17.6 Å². The fraction of sp³-hybridized carbons (Fsp3) is 0.364. The van der Waals surface area contributed by atoms with E-state index in [4.69, 9.17) is 0 Å². The van der Waals surface area contributed by atoms with E-state index in [0.29, 0.717) is 31.5 Å². The number of rotatable bonds is 5. The van der Waals surface area contributed by atoms with Crippen LogP contribution in [-0.2, 0) is 10.0 Å². The minimum absolute atomic E-state index is 0.0324. The van der Waals surface area contributed by atoms with Crippen molar-refractivity contribution in [2.75, 3.05) is 24.6 Å². The van der Waals surface area contributed by atoms with E-state index in [1.807, 2.05) is 36.2 Å². The van der Waals surface area contributed by atoms with Gasteiger partial charge in [0.2, 0.25) is 10.0 Å². The summed E-state index contributed by atoms with van der Waals surface area (Å²) in [5.41, 5.74) is 2.66. The van der Waals surface area contributed by atoms with E-state index >= 15 is 0 Å². The van der Waals surface area contributed by atoms with Crippen molar-refractivity contribution in [1.82, 2.24) is 9.62 Å². The Balaban J connectivity index is 1.33. The molecular weight excluding hydrogens is 419 g/mol. The molecule has 9 heteroatoms. The minimum Gasteiger partial charge on any atom is -0.339 e. The van der Waals surface area contributed by atoms with Crippen LogP contribution < -0.4 is 9.73 Å². The van der Waals surface area contributed by atoms with E-state index < -0.39 is 15.8 Å². The van der Waals surface area contributed by atoms with Gasteiger partial charge >= 0.3 is 0 Å². The molecule has 4 rings (SSSR count). The van der Waals surface area contributed by atoms with Gasteiger partial charge in [-0.05, 0) is 68.3 Å². The number of halogens is 1. The van der Waals surface area contributed by atoms with Gasteiger partial charge in [0.15, 0.2) is 0 Å². The lowest BCUT2D eigenvalue weighted by atomic mass is 10.0. The first kappa shape index (κ1) is 21.5. The van der Waals surface area contributed by atoms with Crippen LogP contribution in [0, 0.1) is 5.82 Å². The Hall–Kier alpha value is -2.78. The summed E-state index contributed by atoms with van der Waals surface area (Å²) in [4.78, 5) is 14.6. The number of amides is 1. The Morgan fingerprint density at radius 1 is 1.03 bits per heavy atom. The Bertz CT molecular complexity index is 1080. The molecule has 0 radical (unpaired) electrons. The second kappa shape index (κ2) is 8.76. The average Bonchev–Trinajstić information content (AvgIpc) is 3.20. The van der Waals surface area contributed by atoms with Crippen molar-refractivity contribution in [3.8, 4) is 0 Å². The summed E-state index contributed by atoms with van der Waals surface area (Å²) in [6, 6.07) is 11.9. The molecule has 0 bridgehead atoms. The first-order valence-corrected chi connectivity index (χ1v) is 11.8. The molecule has 0 atom stereocenters. The summed E-state index contributed by atoms with van der Waals surface area (Å²) in [7, 11) is -3.72. The van der Waals surface area contributed by atoms with Crippen LogP contribution in [0.5, 0.6) is 0 Å². The average molecular weight is 445 g/mol. The van der Waals surface area contributed by atoms with Crippen molar-refractivity contribution >= 4 is 27.3 Å². The molecule has 7 nitrogen and oxygen atoms in total. The lowest BCUT2D eigenvalue weighted by Crippen LogP contribution is -2.46. The van der Waals surface area contributed by atoms with E-state index in [0.717, 1.165) is 36.5 Å². The van der Waals surface area contributed by atoms with E-state index in [1.165, 1.54) is 12.1 Å². The summed E-state index contributed by atoms with van der Waals surface area (Å²) in [6.07, 6.45) is 1.98. The highest BCUT2D eigenvalue weighted by atomic mass is 32.2. The van der Waals surface area contributed by atoms with Crippen molar-refractivity contribution in [2.24, 2.45) is 5.10 Å². The van der Waals surface area contributed by atoms with Crippen LogP contribution in [0.3, 0.4) is 0 Å². The number of likely N-dealkylation sites (tertiary alicyclic amines) is 1. The van der Waals surface area contributed by atoms with Gasteiger partial charge in [-0.25, -0.2) is 17.5 Å². The van der Waals surface area contributed by atoms with Gasteiger partial charge in [-0.15, -0.1) is 0 Å². The van der Waals surface area contributed by atoms with E-state index in [1.54, 1.807) is 4.90 Å². The van der Waals surface area contributed by atoms with Crippen LogP contribution >= 0.6 is 0 Å². The first-order valence-electron chi connectivity index (χ1n) is 10.3. The molecule has 1 fully saturated rings. The van der Waals surface area contributed by atoms with Gasteiger partial charge in [0.05, 0.1) is 10.6 Å². The zero-order valence-corrected chi connectivity index (χ0v) is 18.1. The van der Waals surface area contributed by atoms with Crippen LogP contribution in [0.4, 0.5) is 10.1 Å². The summed E-state index contributed by atoms with van der Waals surface area (Å²) in [6.45, 7) is 3.78. The maximum Gasteiger partial charge on any atom is 0.253 e. The van der Waals surface area contributed by atoms with Gasteiger partial charge in [0.1, 0.15) is 5.82 Å². The van der Waals surface area contributed by atoms with Crippen molar-refractivity contribution in [2.45, 2.75) is 37.1 Å². The highest BCUT2D eigenvalue weighted by molar-refractivity contribution is 7.89. The van der Waals surface area contributed by atoms with E-state index in [2.05, 4.69) is 9.82 Å². The molecule has 1 amide bonds. The second-order valence-electron chi connectivity index (χ2n) is 7.90. The molecule has 2 heterocycles. The third-order valence-electron chi connectivity index (χ3n) is 5.62. The fourth-order valence-electron chi connectivity index (χ4n) is 3.82. The Morgan fingerprint density at radius 2 is 1.68 bits per heavy atom. The van der Waals surface area contributed by atoms with Crippen molar-refractivity contribution in [3.63, 3.8) is 0 Å². The SMILES string of the molecule is CC1=NN(c2ccc(C(=O)N3CCC(NS(=O)(=O)c4ccc(F)cc4)CC3)cc2)CC1. The molecule has 2 aliphatic rings. The summed E-state index contributed by atoms with van der Waals surface area (Å²) >= 11 is 0. The molecule has 164 valence electrons. The van der Waals surface area contributed by atoms with Crippen LogP contribution in [0.2, 0.25) is 0 Å². The first-order chi connectivity index (χ1) is 14.8. The maximum atomic E-state index is 13.0. The summed E-state index contributed by atoms with van der Waals surface area (Å²) in [5.74, 6) is -0.547. The number of nitrogens with zero attached hydrogens (tertiary/aromatic N) is 3. The third kappa shape index (κ3) is 4.94. The Kier molecular flexibility index (Phi) is 6.06. The predicted molar refractivity (Wildman–Crippen MR) is 117 cm³/mol. The number of nitrogens with one attached hydrogen (secondary N) is 1. The number of sulfonamides is 1. The summed E-state index contributed by atoms with van der Waals surface area (Å²) in [5, 5.41) is 6.40. The highest BCUT2D eigenvalue weighted by Gasteiger charge is 2.27. The van der Waals surface area contributed by atoms with Gasteiger partial charge < -0.3 is 4.90 Å². The molecule has 2 aliphatic heterocycles. The normalized spacial score (nSPS) is 17.7. The van der Waals surface area contributed by atoms with E-state index in [-0.39, 0.29) is 16.8 Å². The molecule has 0 unspecified atom stereocenters. The molecule has 2 aromatic rings. The van der Waals surface area contributed by atoms with Crippen molar-refractivity contribution in [3.05, 3.63) is 59.9 Å². The number of benzene rings is 2.